The van der Waals surface area contributed by atoms with E-state index in [4.69, 9.17) is 4.74 Å². The highest BCUT2D eigenvalue weighted by atomic mass is 32.2. The zero-order chi connectivity index (χ0) is 15.0. The fraction of sp³-hybridized carbons (Fsp3) is 0.462. The summed E-state index contributed by atoms with van der Waals surface area (Å²) in [7, 11) is -1.59. The number of carbonyl (C=O) groups is 1. The van der Waals surface area contributed by atoms with Gasteiger partial charge in [-0.05, 0) is 25.0 Å². The van der Waals surface area contributed by atoms with Gasteiger partial charge in [-0.2, -0.15) is 0 Å². The molecular weight excluding hydrogens is 294 g/mol. The fourth-order valence-corrected chi connectivity index (χ4v) is 4.07. The molecule has 7 nitrogen and oxygen atoms in total. The molecule has 1 fully saturated rings. The van der Waals surface area contributed by atoms with E-state index in [-0.39, 0.29) is 17.4 Å². The van der Waals surface area contributed by atoms with Crippen LogP contribution in [0.25, 0.3) is 5.65 Å². The third-order valence-electron chi connectivity index (χ3n) is 3.77. The Bertz CT molecular complexity index is 783. The summed E-state index contributed by atoms with van der Waals surface area (Å²) in [6.07, 6.45) is 2.71. The Morgan fingerprint density at radius 3 is 2.67 bits per heavy atom. The normalized spacial score (nSPS) is 18.7. The van der Waals surface area contributed by atoms with Crippen molar-refractivity contribution in [3.8, 4) is 0 Å². The lowest BCUT2D eigenvalue weighted by Gasteiger charge is -2.20. The van der Waals surface area contributed by atoms with Crippen LogP contribution >= 0.6 is 0 Å². The molecule has 2 aromatic rings. The van der Waals surface area contributed by atoms with Crippen molar-refractivity contribution < 1.29 is 17.9 Å². The molecule has 0 spiro atoms. The zero-order valence-corrected chi connectivity index (χ0v) is 12.3. The number of nitrogens with zero attached hydrogens (tertiary/aromatic N) is 3. The van der Waals surface area contributed by atoms with Crippen molar-refractivity contribution in [2.45, 2.75) is 18.8 Å². The Labute approximate surface area is 121 Å². The maximum absolute atomic E-state index is 11.6. The van der Waals surface area contributed by atoms with Gasteiger partial charge in [0.15, 0.2) is 5.65 Å². The van der Waals surface area contributed by atoms with E-state index in [0.29, 0.717) is 29.9 Å². The van der Waals surface area contributed by atoms with Gasteiger partial charge in [0.25, 0.3) is 0 Å². The molecule has 0 amide bonds. The molecule has 0 aromatic carbocycles. The molecule has 3 rings (SSSR count). The maximum Gasteiger partial charge on any atom is 0.339 e. The summed E-state index contributed by atoms with van der Waals surface area (Å²) in [4.78, 5) is 11.6. The van der Waals surface area contributed by atoms with E-state index in [9.17, 15) is 13.2 Å². The minimum atomic E-state index is -2.92. The number of methoxy groups -OCH3 is 1. The first kappa shape index (κ1) is 14.0. The molecule has 0 N–H and O–H groups in total. The number of fused-ring (bicyclic) bond motifs is 1. The molecule has 0 atom stereocenters. The summed E-state index contributed by atoms with van der Waals surface area (Å²) < 4.78 is 29.5. The van der Waals surface area contributed by atoms with Crippen LogP contribution in [0.3, 0.4) is 0 Å². The van der Waals surface area contributed by atoms with Crippen molar-refractivity contribution in [3.05, 3.63) is 29.7 Å². The number of hydrogen-bond acceptors (Lipinski definition) is 6. The minimum absolute atomic E-state index is 0.0384. The monoisotopic (exact) mass is 309 g/mol. The molecule has 0 saturated carbocycles. The largest absolute Gasteiger partial charge is 0.465 e. The van der Waals surface area contributed by atoms with E-state index >= 15 is 0 Å². The molecule has 2 aromatic heterocycles. The van der Waals surface area contributed by atoms with Crippen LogP contribution < -0.4 is 0 Å². The fourth-order valence-electron chi connectivity index (χ4n) is 2.57. The summed E-state index contributed by atoms with van der Waals surface area (Å²) in [6, 6.07) is 3.33. The van der Waals surface area contributed by atoms with Gasteiger partial charge in [0.1, 0.15) is 15.7 Å². The number of pyridine rings is 1. The summed E-state index contributed by atoms with van der Waals surface area (Å²) >= 11 is 0. The first-order chi connectivity index (χ1) is 10.00. The van der Waals surface area contributed by atoms with Crippen molar-refractivity contribution >= 4 is 21.5 Å². The van der Waals surface area contributed by atoms with Crippen LogP contribution in [0.15, 0.2) is 18.3 Å². The Morgan fingerprint density at radius 2 is 2.00 bits per heavy atom. The Kier molecular flexibility index (Phi) is 3.40. The van der Waals surface area contributed by atoms with Gasteiger partial charge < -0.3 is 4.74 Å². The second kappa shape index (κ2) is 5.10. The molecule has 1 saturated heterocycles. The van der Waals surface area contributed by atoms with Crippen LogP contribution in [0.4, 0.5) is 0 Å². The topological polar surface area (TPSA) is 90.6 Å². The maximum atomic E-state index is 11.6. The molecule has 0 unspecified atom stereocenters. The van der Waals surface area contributed by atoms with Gasteiger partial charge in [-0.15, -0.1) is 10.2 Å². The number of hydrogen-bond donors (Lipinski definition) is 0. The molecule has 0 aliphatic carbocycles. The van der Waals surface area contributed by atoms with Gasteiger partial charge in [-0.3, -0.25) is 4.40 Å². The van der Waals surface area contributed by atoms with Crippen molar-refractivity contribution in [2.75, 3.05) is 18.6 Å². The molecule has 0 bridgehead atoms. The van der Waals surface area contributed by atoms with E-state index in [1.54, 1.807) is 22.7 Å². The first-order valence-electron chi connectivity index (χ1n) is 6.63. The van der Waals surface area contributed by atoms with E-state index in [1.165, 1.54) is 7.11 Å². The lowest BCUT2D eigenvalue weighted by molar-refractivity contribution is 0.0600. The lowest BCUT2D eigenvalue weighted by atomic mass is 10.0. The molecule has 0 radical (unpaired) electrons. The third kappa shape index (κ3) is 2.63. The number of sulfone groups is 1. The smallest absolute Gasteiger partial charge is 0.339 e. The van der Waals surface area contributed by atoms with Crippen molar-refractivity contribution in [2.24, 2.45) is 0 Å². The summed E-state index contributed by atoms with van der Waals surface area (Å²) in [6.45, 7) is 0. The molecule has 1 aliphatic rings. The second-order valence-corrected chi connectivity index (χ2v) is 7.43. The molecule has 8 heteroatoms. The quantitative estimate of drug-likeness (QED) is 0.762. The summed E-state index contributed by atoms with van der Waals surface area (Å²) in [5.74, 6) is 0.650. The van der Waals surface area contributed by atoms with Crippen molar-refractivity contribution in [3.63, 3.8) is 0 Å². The van der Waals surface area contributed by atoms with Crippen LogP contribution in [-0.2, 0) is 14.6 Å². The molecule has 21 heavy (non-hydrogen) atoms. The average molecular weight is 309 g/mol. The van der Waals surface area contributed by atoms with Gasteiger partial charge in [-0.1, -0.05) is 0 Å². The van der Waals surface area contributed by atoms with Crippen LogP contribution in [0.5, 0.6) is 0 Å². The number of aromatic nitrogens is 3. The van der Waals surface area contributed by atoms with Gasteiger partial charge in [0.05, 0.1) is 24.2 Å². The summed E-state index contributed by atoms with van der Waals surface area (Å²) in [5, 5.41) is 8.23. The van der Waals surface area contributed by atoms with Crippen molar-refractivity contribution in [1.82, 2.24) is 14.6 Å². The van der Waals surface area contributed by atoms with E-state index in [1.807, 2.05) is 0 Å². The van der Waals surface area contributed by atoms with Crippen LogP contribution in [-0.4, -0.2) is 47.6 Å². The highest BCUT2D eigenvalue weighted by Gasteiger charge is 2.28. The highest BCUT2D eigenvalue weighted by Crippen LogP contribution is 2.28. The second-order valence-electron chi connectivity index (χ2n) is 5.12. The number of rotatable bonds is 2. The van der Waals surface area contributed by atoms with Gasteiger partial charge in [0, 0.05) is 12.1 Å². The van der Waals surface area contributed by atoms with Crippen LogP contribution in [0.1, 0.15) is 34.9 Å². The zero-order valence-electron chi connectivity index (χ0n) is 11.5. The predicted molar refractivity (Wildman–Crippen MR) is 75.0 cm³/mol. The van der Waals surface area contributed by atoms with Gasteiger partial charge >= 0.3 is 5.97 Å². The average Bonchev–Trinajstić information content (AvgIpc) is 2.89. The van der Waals surface area contributed by atoms with E-state index < -0.39 is 15.8 Å². The minimum Gasteiger partial charge on any atom is -0.465 e. The van der Waals surface area contributed by atoms with E-state index in [0.717, 1.165) is 0 Å². The molecule has 3 heterocycles. The SMILES string of the molecule is COC(=O)c1ccc2nnc(C3CCS(=O)(=O)CC3)n2c1. The highest BCUT2D eigenvalue weighted by molar-refractivity contribution is 7.91. The Morgan fingerprint density at radius 1 is 1.29 bits per heavy atom. The predicted octanol–water partition coefficient (Wildman–Crippen LogP) is 0.808. The van der Waals surface area contributed by atoms with Crippen LogP contribution in [0.2, 0.25) is 0 Å². The Balaban J connectivity index is 1.97. The van der Waals surface area contributed by atoms with Gasteiger partial charge in [0.2, 0.25) is 0 Å². The third-order valence-corrected chi connectivity index (χ3v) is 5.49. The molecular formula is C13H15N3O4S. The number of esters is 1. The Hall–Kier alpha value is -1.96. The lowest BCUT2D eigenvalue weighted by Crippen LogP contribution is -2.23. The van der Waals surface area contributed by atoms with Crippen LogP contribution in [0, 0.1) is 0 Å². The number of carbonyl (C=O) groups excluding carboxylic acids is 1. The van der Waals surface area contributed by atoms with Crippen molar-refractivity contribution in [1.29, 1.82) is 0 Å². The van der Waals surface area contributed by atoms with E-state index in [2.05, 4.69) is 10.2 Å². The molecule has 112 valence electrons. The standard InChI is InChI=1S/C13H15N3O4S/c1-20-13(17)10-2-3-11-14-15-12(16(11)8-10)9-4-6-21(18,19)7-5-9/h2-3,8-9H,4-7H2,1H3. The number of ether oxygens (including phenoxy) is 1. The molecule has 1 aliphatic heterocycles. The first-order valence-corrected chi connectivity index (χ1v) is 8.46. The van der Waals surface area contributed by atoms with Gasteiger partial charge in [-0.25, -0.2) is 13.2 Å². The summed E-state index contributed by atoms with van der Waals surface area (Å²) in [5.41, 5.74) is 1.04.